The van der Waals surface area contributed by atoms with Gasteiger partial charge < -0.3 is 10.3 Å². The fourth-order valence-corrected chi connectivity index (χ4v) is 0. The van der Waals surface area contributed by atoms with Crippen molar-refractivity contribution in [3.05, 3.63) is 0 Å². The first-order chi connectivity index (χ1) is 1.73. The molecule has 0 saturated heterocycles. The van der Waals surface area contributed by atoms with Gasteiger partial charge in [0.1, 0.15) is 0 Å². The van der Waals surface area contributed by atoms with Crippen molar-refractivity contribution < 1.29 is 60.9 Å². The van der Waals surface area contributed by atoms with Gasteiger partial charge in [0.25, 0.3) is 21.1 Å². The van der Waals surface area contributed by atoms with E-state index in [4.69, 9.17) is 10.3 Å². The Morgan fingerprint density at radius 1 is 1.00 bits per heavy atom. The van der Waals surface area contributed by atoms with Crippen LogP contribution in [-0.4, -0.2) is 0 Å². The topological polar surface area (TPSA) is 69.2 Å². The smallest absolute Gasteiger partial charge is 0.427 e. The largest absolute Gasteiger partial charge is 1.00 e. The third-order valence-corrected chi connectivity index (χ3v) is 0. The van der Waals surface area contributed by atoms with Crippen molar-refractivity contribution in [1.29, 1.82) is 0 Å². The molecule has 0 unspecified atom stereocenters. The van der Waals surface area contributed by atoms with Crippen molar-refractivity contribution in [2.45, 2.75) is 0 Å². The van der Waals surface area contributed by atoms with Gasteiger partial charge in [0, 0.05) is 0 Å². The summed E-state index contributed by atoms with van der Waals surface area (Å²) < 4.78 is 25.7. The van der Waals surface area contributed by atoms with Gasteiger partial charge in [-0.2, -0.15) is 0 Å². The van der Waals surface area contributed by atoms with Crippen LogP contribution in [0.1, 0.15) is 0 Å². The average molecular weight is 200 g/mol. The van der Waals surface area contributed by atoms with E-state index in [1.54, 1.807) is 0 Å². The predicted octanol–water partition coefficient (Wildman–Crippen LogP) is -9.56. The van der Waals surface area contributed by atoms with Gasteiger partial charge in [-0.15, -0.1) is 0 Å². The van der Waals surface area contributed by atoms with Crippen LogP contribution in [0.15, 0.2) is 0 Å². The van der Waals surface area contributed by atoms with Crippen LogP contribution in [0, 0.1) is 0 Å². The van der Waals surface area contributed by atoms with Crippen LogP contribution in [0.2, 0.25) is 0 Å². The molecule has 0 amide bonds. The molecule has 5 heteroatoms. The molecule has 0 saturated carbocycles. The quantitative estimate of drug-likeness (QED) is 0.288. The second-order valence-electron chi connectivity index (χ2n) is 0.189. The van der Waals surface area contributed by atoms with Crippen LogP contribution in [0.3, 0.4) is 0 Å². The van der Waals surface area contributed by atoms with Gasteiger partial charge in [0.2, 0.25) is 0 Å². The molecule has 0 aromatic heterocycles. The summed E-state index contributed by atoms with van der Waals surface area (Å²) in [4.78, 5) is 0. The first-order valence-corrected chi connectivity index (χ1v) is 3.11. The van der Waals surface area contributed by atoms with Crippen molar-refractivity contribution in [2.24, 2.45) is 0 Å². The number of halogens is 1. The van der Waals surface area contributed by atoms with Crippen LogP contribution in [0.25, 0.3) is 0 Å². The Morgan fingerprint density at radius 3 is 1.00 bits per heavy atom. The van der Waals surface area contributed by atoms with Gasteiger partial charge in [0.05, 0.1) is 0 Å². The van der Waals surface area contributed by atoms with Gasteiger partial charge in [-0.05, 0) is 0 Å². The molecule has 0 aliphatic rings. The Balaban J connectivity index is 0. The zero-order chi connectivity index (χ0) is 3.58. The van der Waals surface area contributed by atoms with Gasteiger partial charge in [-0.3, -0.25) is 0 Å². The molecule has 0 spiro atoms. The molecule has 0 aromatic rings. The molecule has 0 atom stereocenters. The van der Waals surface area contributed by atoms with Crippen LogP contribution >= 0.6 is 0 Å². The molecule has 3 nitrogen and oxygen atoms in total. The first-order valence-electron chi connectivity index (χ1n) is 0.463. The monoisotopic (exact) mass is 200 g/mol. The SMILES string of the molecule is [Na+].[O-][129I+2]([O-])[O-]. The molecular weight excluding hydrogens is 200 g/mol. The zero-order valence-electron chi connectivity index (χ0n) is 2.60. The minimum absolute atomic E-state index is 0. The van der Waals surface area contributed by atoms with Crippen LogP contribution < -0.4 is 60.9 Å². The maximum absolute atomic E-state index is 8.57. The Labute approximate surface area is 60.3 Å². The van der Waals surface area contributed by atoms with E-state index in [2.05, 4.69) is 0 Å². The van der Waals surface area contributed by atoms with Crippen LogP contribution in [0.5, 0.6) is 0 Å². The molecule has 0 aliphatic heterocycles. The molecule has 0 aromatic carbocycles. The van der Waals surface area contributed by atoms with Gasteiger partial charge in [-0.1, -0.05) is 0 Å². The second-order valence-corrected chi connectivity index (χ2v) is 1.27. The molecule has 0 N–H and O–H groups in total. The Hall–Kier alpha value is 1.61. The maximum Gasteiger partial charge on any atom is 1.00 e. The predicted molar refractivity (Wildman–Crippen MR) is 0 cm³/mol. The molecule has 0 radical (unpaired) electrons. The molecule has 5 heavy (non-hydrogen) atoms. The minimum Gasteiger partial charge on any atom is -0.427 e. The first kappa shape index (κ1) is 9.79. The summed E-state index contributed by atoms with van der Waals surface area (Å²) in [6.07, 6.45) is 0. The third kappa shape index (κ3) is 28.2. The summed E-state index contributed by atoms with van der Waals surface area (Å²) >= 11 is -4.01. The molecule has 0 aliphatic carbocycles. The fourth-order valence-electron chi connectivity index (χ4n) is 0. The van der Waals surface area contributed by atoms with Crippen molar-refractivity contribution in [1.82, 2.24) is 0 Å². The normalized spacial score (nSPS) is 7.20. The Morgan fingerprint density at radius 2 is 1.00 bits per heavy atom. The van der Waals surface area contributed by atoms with Crippen LogP contribution in [0.4, 0.5) is 0 Å². The van der Waals surface area contributed by atoms with Crippen molar-refractivity contribution in [2.75, 3.05) is 0 Å². The number of hydrogen-bond acceptors (Lipinski definition) is 3. The Kier molecular flexibility index (Phi) is 11.0. The molecule has 26 valence electrons. The molecule has 0 rings (SSSR count). The fraction of sp³-hybridized carbons (Fsp3) is 0. The average Bonchev–Trinajstić information content (AvgIpc) is 0.811. The van der Waals surface area contributed by atoms with Crippen molar-refractivity contribution >= 4 is 0 Å². The molecule has 0 bridgehead atoms. The molecular formula is INaO3. The standard InChI is InChI=1S/IO3.Na/c2-1(3)4;/q-1;+1/i1+2;. The van der Waals surface area contributed by atoms with E-state index in [0.29, 0.717) is 0 Å². The van der Waals surface area contributed by atoms with E-state index in [0.717, 1.165) is 0 Å². The van der Waals surface area contributed by atoms with Gasteiger partial charge in [-0.25, -0.2) is 0 Å². The third-order valence-electron chi connectivity index (χ3n) is 0. The zero-order valence-corrected chi connectivity index (χ0v) is 6.76. The molecule has 0 fully saturated rings. The summed E-state index contributed by atoms with van der Waals surface area (Å²) in [6, 6.07) is 0. The summed E-state index contributed by atoms with van der Waals surface area (Å²) in [5, 5.41) is 0. The van der Waals surface area contributed by atoms with E-state index >= 15 is 0 Å². The summed E-state index contributed by atoms with van der Waals surface area (Å²) in [5.74, 6) is 0. The van der Waals surface area contributed by atoms with E-state index in [1.165, 1.54) is 0 Å². The van der Waals surface area contributed by atoms with Crippen molar-refractivity contribution in [3.63, 3.8) is 0 Å². The Bertz CT molecular complexity index is 11.6. The van der Waals surface area contributed by atoms with Crippen LogP contribution in [-0.2, 0) is 0 Å². The summed E-state index contributed by atoms with van der Waals surface area (Å²) in [7, 11) is 0. The van der Waals surface area contributed by atoms with E-state index in [9.17, 15) is 0 Å². The van der Waals surface area contributed by atoms with E-state index < -0.39 is 21.1 Å². The summed E-state index contributed by atoms with van der Waals surface area (Å²) in [6.45, 7) is 0. The maximum atomic E-state index is 8.57. The van der Waals surface area contributed by atoms with Gasteiger partial charge in [0.15, 0.2) is 0 Å². The minimum atomic E-state index is -4.01. The second kappa shape index (κ2) is 5.61. The molecule has 0 heterocycles. The number of hydrogen-bond donors (Lipinski definition) is 0. The number of rotatable bonds is 0. The van der Waals surface area contributed by atoms with E-state index in [-0.39, 0.29) is 29.6 Å². The van der Waals surface area contributed by atoms with Crippen molar-refractivity contribution in [3.8, 4) is 0 Å². The van der Waals surface area contributed by atoms with E-state index in [1.807, 2.05) is 0 Å². The summed E-state index contributed by atoms with van der Waals surface area (Å²) in [5.41, 5.74) is 0. The van der Waals surface area contributed by atoms with Gasteiger partial charge >= 0.3 is 29.6 Å².